The number of benzene rings is 3. The summed E-state index contributed by atoms with van der Waals surface area (Å²) in [5.41, 5.74) is 1.98. The summed E-state index contributed by atoms with van der Waals surface area (Å²) in [6.07, 6.45) is 0. The minimum Gasteiger partial charge on any atom is -0.493 e. The number of hydrogen-bond donors (Lipinski definition) is 2. The molecule has 8 nitrogen and oxygen atoms in total. The predicted molar refractivity (Wildman–Crippen MR) is 137 cm³/mol. The van der Waals surface area contributed by atoms with Crippen LogP contribution in [-0.4, -0.2) is 33.5 Å². The lowest BCUT2D eigenvalue weighted by molar-refractivity contribution is 0.102. The van der Waals surface area contributed by atoms with Crippen molar-refractivity contribution in [2.24, 2.45) is 0 Å². The first-order chi connectivity index (χ1) is 16.8. The Morgan fingerprint density at radius 2 is 1.71 bits per heavy atom. The molecule has 3 aromatic carbocycles. The zero-order valence-electron chi connectivity index (χ0n) is 18.6. The first-order valence-electron chi connectivity index (χ1n) is 10.2. The number of hydrogen-bond acceptors (Lipinski definition) is 7. The maximum atomic E-state index is 12.8. The highest BCUT2D eigenvalue weighted by Crippen LogP contribution is 2.33. The van der Waals surface area contributed by atoms with E-state index in [1.54, 1.807) is 44.6 Å². The minimum atomic E-state index is -3.84. The zero-order chi connectivity index (χ0) is 25.0. The zero-order valence-corrected chi connectivity index (χ0v) is 21.0. The van der Waals surface area contributed by atoms with Gasteiger partial charge in [0.25, 0.3) is 15.9 Å². The molecule has 180 valence electrons. The molecule has 4 rings (SSSR count). The van der Waals surface area contributed by atoms with Crippen molar-refractivity contribution in [1.29, 1.82) is 0 Å². The summed E-state index contributed by atoms with van der Waals surface area (Å²) < 4.78 is 38.3. The van der Waals surface area contributed by atoms with Crippen LogP contribution in [0.3, 0.4) is 0 Å². The molecular weight excluding hydrogens is 510 g/mol. The van der Waals surface area contributed by atoms with Gasteiger partial charge in [0.05, 0.1) is 24.8 Å². The van der Waals surface area contributed by atoms with Gasteiger partial charge in [0.1, 0.15) is 0 Å². The average Bonchev–Trinajstić information content (AvgIpc) is 3.32. The maximum Gasteiger partial charge on any atom is 0.261 e. The summed E-state index contributed by atoms with van der Waals surface area (Å²) in [5, 5.41) is 5.39. The Bertz CT molecular complexity index is 1470. The van der Waals surface area contributed by atoms with E-state index in [2.05, 4.69) is 15.0 Å². The van der Waals surface area contributed by atoms with E-state index in [9.17, 15) is 13.2 Å². The molecule has 0 saturated heterocycles. The van der Waals surface area contributed by atoms with Gasteiger partial charge < -0.3 is 9.47 Å². The van der Waals surface area contributed by atoms with Gasteiger partial charge in [-0.05, 0) is 60.7 Å². The summed E-state index contributed by atoms with van der Waals surface area (Å²) in [5.74, 6) is 0.749. The number of carbonyl (C=O) groups is 1. The number of thiazole rings is 1. The van der Waals surface area contributed by atoms with Crippen molar-refractivity contribution < 1.29 is 22.7 Å². The Labute approximate surface area is 211 Å². The van der Waals surface area contributed by atoms with E-state index in [1.807, 2.05) is 11.4 Å². The molecule has 11 heteroatoms. The molecule has 35 heavy (non-hydrogen) atoms. The fourth-order valence-corrected chi connectivity index (χ4v) is 5.07. The first kappa shape index (κ1) is 24.5. The van der Waals surface area contributed by atoms with Crippen LogP contribution in [0.15, 0.2) is 77.0 Å². The van der Waals surface area contributed by atoms with Crippen LogP contribution in [0.2, 0.25) is 5.02 Å². The number of carbonyl (C=O) groups excluding carboxylic acids is 1. The standard InChI is InChI=1S/C24H20ClN3O5S2/c1-32-21-11-6-15(13-22(21)33-2)20-14-34-24(26-20)27-23(29)16-4-3-5-18(12-16)28-35(30,31)19-9-7-17(25)8-10-19/h3-14,28H,1-2H3,(H,26,27,29). The molecule has 0 radical (unpaired) electrons. The van der Waals surface area contributed by atoms with Gasteiger partial charge in [0, 0.05) is 27.2 Å². The molecule has 0 saturated carbocycles. The van der Waals surface area contributed by atoms with Crippen LogP contribution < -0.4 is 19.5 Å². The number of ether oxygens (including phenoxy) is 2. The van der Waals surface area contributed by atoms with Crippen LogP contribution in [-0.2, 0) is 10.0 Å². The quantitative estimate of drug-likeness (QED) is 0.310. The molecule has 1 aromatic heterocycles. The molecule has 0 fully saturated rings. The third-order valence-corrected chi connectivity index (χ3v) is 7.31. The number of amides is 1. The Balaban J connectivity index is 1.48. The fourth-order valence-electron chi connectivity index (χ4n) is 3.18. The average molecular weight is 530 g/mol. The van der Waals surface area contributed by atoms with Crippen LogP contribution in [0, 0.1) is 0 Å². The van der Waals surface area contributed by atoms with Gasteiger partial charge in [-0.2, -0.15) is 0 Å². The van der Waals surface area contributed by atoms with Crippen molar-refractivity contribution in [2.45, 2.75) is 4.90 Å². The molecule has 2 N–H and O–H groups in total. The number of aromatic nitrogens is 1. The molecule has 0 aliphatic rings. The highest BCUT2D eigenvalue weighted by atomic mass is 35.5. The van der Waals surface area contributed by atoms with E-state index in [4.69, 9.17) is 21.1 Å². The number of sulfonamides is 1. The summed E-state index contributed by atoms with van der Waals surface area (Å²) in [6, 6.07) is 17.4. The second-order valence-corrected chi connectivity index (χ2v) is 10.2. The van der Waals surface area contributed by atoms with E-state index in [0.29, 0.717) is 27.3 Å². The third kappa shape index (κ3) is 5.73. The highest BCUT2D eigenvalue weighted by molar-refractivity contribution is 7.92. The second kappa shape index (κ2) is 10.3. The Morgan fingerprint density at radius 1 is 0.971 bits per heavy atom. The summed E-state index contributed by atoms with van der Waals surface area (Å²) in [6.45, 7) is 0. The number of halogens is 1. The van der Waals surface area contributed by atoms with Crippen LogP contribution >= 0.6 is 22.9 Å². The molecule has 0 aliphatic carbocycles. The number of nitrogens with zero attached hydrogens (tertiary/aromatic N) is 1. The lowest BCUT2D eigenvalue weighted by atomic mass is 10.1. The fraction of sp³-hybridized carbons (Fsp3) is 0.0833. The van der Waals surface area contributed by atoms with Crippen LogP contribution in [0.1, 0.15) is 10.4 Å². The minimum absolute atomic E-state index is 0.0576. The molecule has 4 aromatic rings. The lowest BCUT2D eigenvalue weighted by Crippen LogP contribution is -2.15. The summed E-state index contributed by atoms with van der Waals surface area (Å²) in [7, 11) is -0.725. The van der Waals surface area contributed by atoms with E-state index in [-0.39, 0.29) is 16.1 Å². The van der Waals surface area contributed by atoms with Crippen LogP contribution in [0.4, 0.5) is 10.8 Å². The molecule has 0 unspecified atom stereocenters. The first-order valence-corrected chi connectivity index (χ1v) is 12.9. The lowest BCUT2D eigenvalue weighted by Gasteiger charge is -2.10. The summed E-state index contributed by atoms with van der Waals surface area (Å²) >= 11 is 7.10. The van der Waals surface area contributed by atoms with E-state index in [0.717, 1.165) is 5.56 Å². The normalized spacial score (nSPS) is 11.1. The molecule has 0 bridgehead atoms. The van der Waals surface area contributed by atoms with Gasteiger partial charge in [0.2, 0.25) is 0 Å². The van der Waals surface area contributed by atoms with Gasteiger partial charge in [-0.1, -0.05) is 17.7 Å². The SMILES string of the molecule is COc1ccc(-c2csc(NC(=O)c3cccc(NS(=O)(=O)c4ccc(Cl)cc4)c3)n2)cc1OC. The van der Waals surface area contributed by atoms with Gasteiger partial charge >= 0.3 is 0 Å². The van der Waals surface area contributed by atoms with Gasteiger partial charge in [-0.3, -0.25) is 14.8 Å². The van der Waals surface area contributed by atoms with E-state index < -0.39 is 15.9 Å². The van der Waals surface area contributed by atoms with Gasteiger partial charge in [-0.25, -0.2) is 13.4 Å². The van der Waals surface area contributed by atoms with Crippen molar-refractivity contribution in [1.82, 2.24) is 4.98 Å². The molecule has 1 heterocycles. The Kier molecular flexibility index (Phi) is 7.25. The van der Waals surface area contributed by atoms with Crippen LogP contribution in [0.25, 0.3) is 11.3 Å². The number of methoxy groups -OCH3 is 2. The predicted octanol–water partition coefficient (Wildman–Crippen LogP) is 5.53. The van der Waals surface area contributed by atoms with Crippen molar-refractivity contribution in [3.05, 3.63) is 82.7 Å². The van der Waals surface area contributed by atoms with E-state index in [1.165, 1.54) is 41.7 Å². The molecule has 0 atom stereocenters. The second-order valence-electron chi connectivity index (χ2n) is 7.20. The molecular formula is C24H20ClN3O5S2. The topological polar surface area (TPSA) is 107 Å². The van der Waals surface area contributed by atoms with Crippen molar-refractivity contribution in [3.63, 3.8) is 0 Å². The van der Waals surface area contributed by atoms with Gasteiger partial charge in [0.15, 0.2) is 16.6 Å². The van der Waals surface area contributed by atoms with Crippen molar-refractivity contribution >= 4 is 49.7 Å². The van der Waals surface area contributed by atoms with Crippen molar-refractivity contribution in [2.75, 3.05) is 24.3 Å². The number of nitrogens with one attached hydrogen (secondary N) is 2. The molecule has 0 spiro atoms. The monoisotopic (exact) mass is 529 g/mol. The highest BCUT2D eigenvalue weighted by Gasteiger charge is 2.16. The Hall–Kier alpha value is -3.60. The Morgan fingerprint density at radius 3 is 2.43 bits per heavy atom. The third-order valence-electron chi connectivity index (χ3n) is 4.90. The smallest absolute Gasteiger partial charge is 0.261 e. The molecule has 0 aliphatic heterocycles. The van der Waals surface area contributed by atoms with Gasteiger partial charge in [-0.15, -0.1) is 11.3 Å². The summed E-state index contributed by atoms with van der Waals surface area (Å²) in [4.78, 5) is 17.3. The largest absolute Gasteiger partial charge is 0.493 e. The van der Waals surface area contributed by atoms with E-state index >= 15 is 0 Å². The maximum absolute atomic E-state index is 12.8. The molecule has 1 amide bonds. The number of anilines is 2. The van der Waals surface area contributed by atoms with Crippen LogP contribution in [0.5, 0.6) is 11.5 Å². The number of rotatable bonds is 8. The van der Waals surface area contributed by atoms with Crippen molar-refractivity contribution in [3.8, 4) is 22.8 Å².